The monoisotopic (exact) mass is 165 g/mol. The molecule has 1 heteroatoms. The van der Waals surface area contributed by atoms with Crippen LogP contribution < -0.4 is 0 Å². The van der Waals surface area contributed by atoms with Crippen molar-refractivity contribution < 1.29 is 0 Å². The standard InChI is InChI=1S/C11H19N/c1-6-11(7-9(2)3)12-8-10(4)5/h8H,2,6-7H2,1,3-5H3. The van der Waals surface area contributed by atoms with Crippen LogP contribution in [0.1, 0.15) is 40.5 Å². The fraction of sp³-hybridized carbons (Fsp3) is 0.545. The van der Waals surface area contributed by atoms with Crippen molar-refractivity contribution in [1.82, 2.24) is 0 Å². The van der Waals surface area contributed by atoms with Gasteiger partial charge in [0.25, 0.3) is 0 Å². The molecule has 0 radical (unpaired) electrons. The Balaban J connectivity index is 4.23. The van der Waals surface area contributed by atoms with E-state index in [1.165, 1.54) is 16.9 Å². The number of rotatable bonds is 4. The number of aliphatic imine (C=N–C) groups is 1. The molecule has 0 aromatic carbocycles. The third-order valence-corrected chi connectivity index (χ3v) is 1.42. The molecule has 0 rings (SSSR count). The predicted octanol–water partition coefficient (Wildman–Crippen LogP) is 3.73. The summed E-state index contributed by atoms with van der Waals surface area (Å²) in [4.78, 5) is 4.38. The van der Waals surface area contributed by atoms with Gasteiger partial charge in [-0.1, -0.05) is 24.6 Å². The fourth-order valence-electron chi connectivity index (χ4n) is 0.831. The maximum absolute atomic E-state index is 4.38. The van der Waals surface area contributed by atoms with Crippen molar-refractivity contribution in [3.05, 3.63) is 23.9 Å². The van der Waals surface area contributed by atoms with Gasteiger partial charge in [-0.2, -0.15) is 0 Å². The van der Waals surface area contributed by atoms with Crippen molar-refractivity contribution >= 4 is 5.71 Å². The number of hydrogen-bond donors (Lipinski definition) is 0. The maximum Gasteiger partial charge on any atom is 0.0253 e. The lowest BCUT2D eigenvalue weighted by atomic mass is 10.1. The zero-order chi connectivity index (χ0) is 9.56. The highest BCUT2D eigenvalue weighted by Crippen LogP contribution is 2.03. The average molecular weight is 165 g/mol. The lowest BCUT2D eigenvalue weighted by Gasteiger charge is -2.00. The highest BCUT2D eigenvalue weighted by molar-refractivity contribution is 5.86. The van der Waals surface area contributed by atoms with Crippen LogP contribution in [0.5, 0.6) is 0 Å². The average Bonchev–Trinajstić information content (AvgIpc) is 1.97. The molecule has 0 atom stereocenters. The lowest BCUT2D eigenvalue weighted by molar-refractivity contribution is 1.15. The van der Waals surface area contributed by atoms with Crippen molar-refractivity contribution in [1.29, 1.82) is 0 Å². The van der Waals surface area contributed by atoms with Crippen LogP contribution in [0.15, 0.2) is 28.9 Å². The first-order valence-electron chi connectivity index (χ1n) is 4.39. The molecule has 0 fully saturated rings. The first kappa shape index (κ1) is 11.2. The van der Waals surface area contributed by atoms with Gasteiger partial charge >= 0.3 is 0 Å². The third-order valence-electron chi connectivity index (χ3n) is 1.42. The Hall–Kier alpha value is -0.850. The van der Waals surface area contributed by atoms with E-state index in [1.54, 1.807) is 0 Å². The largest absolute Gasteiger partial charge is 0.265 e. The number of hydrogen-bond acceptors (Lipinski definition) is 1. The molecule has 0 bridgehead atoms. The summed E-state index contributed by atoms with van der Waals surface area (Å²) in [6, 6.07) is 0. The molecule has 0 N–H and O–H groups in total. The molecule has 0 aliphatic rings. The van der Waals surface area contributed by atoms with Crippen LogP contribution in [0.4, 0.5) is 0 Å². The SMILES string of the molecule is C=C(C)CC(CC)=NC=C(C)C. The van der Waals surface area contributed by atoms with Gasteiger partial charge in [0.15, 0.2) is 0 Å². The normalized spacial score (nSPS) is 11.2. The molecule has 0 saturated carbocycles. The van der Waals surface area contributed by atoms with Crippen LogP contribution in [0, 0.1) is 0 Å². The van der Waals surface area contributed by atoms with Crippen LogP contribution >= 0.6 is 0 Å². The van der Waals surface area contributed by atoms with Gasteiger partial charge in [0.1, 0.15) is 0 Å². The maximum atomic E-state index is 4.38. The van der Waals surface area contributed by atoms with Gasteiger partial charge < -0.3 is 0 Å². The van der Waals surface area contributed by atoms with Gasteiger partial charge in [-0.25, -0.2) is 0 Å². The summed E-state index contributed by atoms with van der Waals surface area (Å²) in [6.07, 6.45) is 3.86. The molecule has 0 saturated heterocycles. The molecule has 0 amide bonds. The first-order valence-corrected chi connectivity index (χ1v) is 4.39. The van der Waals surface area contributed by atoms with Gasteiger partial charge in [-0.05, 0) is 27.2 Å². The molecule has 0 aliphatic carbocycles. The van der Waals surface area contributed by atoms with Crippen LogP contribution in [0.25, 0.3) is 0 Å². The van der Waals surface area contributed by atoms with Gasteiger partial charge in [0, 0.05) is 18.3 Å². The molecule has 0 spiro atoms. The first-order chi connectivity index (χ1) is 5.56. The molecule has 0 aromatic rings. The van der Waals surface area contributed by atoms with E-state index in [4.69, 9.17) is 0 Å². The van der Waals surface area contributed by atoms with Gasteiger partial charge in [0.05, 0.1) is 0 Å². The van der Waals surface area contributed by atoms with Crippen molar-refractivity contribution in [2.24, 2.45) is 4.99 Å². The van der Waals surface area contributed by atoms with E-state index in [1.807, 2.05) is 13.1 Å². The summed E-state index contributed by atoms with van der Waals surface area (Å²) in [7, 11) is 0. The topological polar surface area (TPSA) is 12.4 Å². The molecule has 0 unspecified atom stereocenters. The van der Waals surface area contributed by atoms with Crippen molar-refractivity contribution in [2.45, 2.75) is 40.5 Å². The van der Waals surface area contributed by atoms with Crippen molar-refractivity contribution in [3.8, 4) is 0 Å². The fourth-order valence-corrected chi connectivity index (χ4v) is 0.831. The van der Waals surface area contributed by atoms with E-state index in [2.05, 4.69) is 32.3 Å². The molecular weight excluding hydrogens is 146 g/mol. The summed E-state index contributed by atoms with van der Waals surface area (Å²) < 4.78 is 0. The molecular formula is C11H19N. The molecule has 0 aliphatic heterocycles. The minimum absolute atomic E-state index is 0.931. The summed E-state index contributed by atoms with van der Waals surface area (Å²) in [6.45, 7) is 12.1. The van der Waals surface area contributed by atoms with E-state index in [9.17, 15) is 0 Å². The Morgan fingerprint density at radius 2 is 1.92 bits per heavy atom. The van der Waals surface area contributed by atoms with Gasteiger partial charge in [0.2, 0.25) is 0 Å². The summed E-state index contributed by atoms with van der Waals surface area (Å²) in [5.74, 6) is 0. The summed E-state index contributed by atoms with van der Waals surface area (Å²) in [5.41, 5.74) is 3.63. The molecule has 0 aromatic heterocycles. The van der Waals surface area contributed by atoms with Crippen LogP contribution in [-0.2, 0) is 0 Å². The zero-order valence-corrected chi connectivity index (χ0v) is 8.65. The Kier molecular flexibility index (Phi) is 5.35. The molecule has 0 heterocycles. The molecule has 1 nitrogen and oxygen atoms in total. The molecule has 12 heavy (non-hydrogen) atoms. The van der Waals surface area contributed by atoms with E-state index < -0.39 is 0 Å². The minimum atomic E-state index is 0.931. The second kappa shape index (κ2) is 5.76. The third kappa shape index (κ3) is 5.90. The van der Waals surface area contributed by atoms with Crippen molar-refractivity contribution in [2.75, 3.05) is 0 Å². The van der Waals surface area contributed by atoms with E-state index in [0.29, 0.717) is 0 Å². The molecule has 68 valence electrons. The van der Waals surface area contributed by atoms with Crippen molar-refractivity contribution in [3.63, 3.8) is 0 Å². The van der Waals surface area contributed by atoms with E-state index >= 15 is 0 Å². The Morgan fingerprint density at radius 3 is 2.25 bits per heavy atom. The van der Waals surface area contributed by atoms with E-state index in [0.717, 1.165) is 12.8 Å². The highest BCUT2D eigenvalue weighted by Gasteiger charge is 1.94. The number of nitrogens with zero attached hydrogens (tertiary/aromatic N) is 1. The predicted molar refractivity (Wildman–Crippen MR) is 56.6 cm³/mol. The second-order valence-electron chi connectivity index (χ2n) is 3.39. The van der Waals surface area contributed by atoms with Crippen LogP contribution in [0.2, 0.25) is 0 Å². The Labute approximate surface area is 75.9 Å². The Bertz CT molecular complexity index is 205. The smallest absolute Gasteiger partial charge is 0.0253 e. The summed E-state index contributed by atoms with van der Waals surface area (Å²) in [5, 5.41) is 0. The van der Waals surface area contributed by atoms with Gasteiger partial charge in [-0.15, -0.1) is 0 Å². The Morgan fingerprint density at radius 1 is 1.33 bits per heavy atom. The summed E-state index contributed by atoms with van der Waals surface area (Å²) >= 11 is 0. The van der Waals surface area contributed by atoms with Crippen LogP contribution in [-0.4, -0.2) is 5.71 Å². The minimum Gasteiger partial charge on any atom is -0.265 e. The van der Waals surface area contributed by atoms with Crippen LogP contribution in [0.3, 0.4) is 0 Å². The highest BCUT2D eigenvalue weighted by atomic mass is 14.7. The van der Waals surface area contributed by atoms with E-state index in [-0.39, 0.29) is 0 Å². The quantitative estimate of drug-likeness (QED) is 0.444. The second-order valence-corrected chi connectivity index (χ2v) is 3.39. The zero-order valence-electron chi connectivity index (χ0n) is 8.65. The van der Waals surface area contributed by atoms with Gasteiger partial charge in [-0.3, -0.25) is 4.99 Å². The lowest BCUT2D eigenvalue weighted by Crippen LogP contribution is -1.95. The number of allylic oxidation sites excluding steroid dienone is 2.